The highest BCUT2D eigenvalue weighted by molar-refractivity contribution is 7.15. The Kier molecular flexibility index (Phi) is 6.52. The normalized spacial score (nSPS) is 14.8. The van der Waals surface area contributed by atoms with E-state index in [1.807, 2.05) is 49.4 Å². The van der Waals surface area contributed by atoms with E-state index in [-0.39, 0.29) is 11.9 Å². The summed E-state index contributed by atoms with van der Waals surface area (Å²) in [6.07, 6.45) is 1.14. The maximum Gasteiger partial charge on any atom is 0.338 e. The SMILES string of the molecule is CCOC(=O)c1cccc(CN2C(=O)C(C)Oc3ccc(-c4nc(-c5ccccn5)sc4C)cc32)c1. The first-order valence-electron chi connectivity index (χ1n) is 11.7. The molecule has 0 fully saturated rings. The molecule has 4 aromatic rings. The second kappa shape index (κ2) is 9.91. The third-order valence-electron chi connectivity index (χ3n) is 5.90. The van der Waals surface area contributed by atoms with E-state index in [9.17, 15) is 9.59 Å². The lowest BCUT2D eigenvalue weighted by Crippen LogP contribution is -2.44. The second-order valence-corrected chi connectivity index (χ2v) is 9.63. The van der Waals surface area contributed by atoms with E-state index < -0.39 is 6.10 Å². The van der Waals surface area contributed by atoms with Gasteiger partial charge in [-0.05, 0) is 68.8 Å². The zero-order valence-corrected chi connectivity index (χ0v) is 21.0. The van der Waals surface area contributed by atoms with Crippen molar-refractivity contribution >= 4 is 28.9 Å². The molecule has 0 bridgehead atoms. The number of amides is 1. The summed E-state index contributed by atoms with van der Waals surface area (Å²) in [5.41, 5.74) is 4.51. The summed E-state index contributed by atoms with van der Waals surface area (Å²) in [7, 11) is 0. The summed E-state index contributed by atoms with van der Waals surface area (Å²) in [6, 6.07) is 18.7. The van der Waals surface area contributed by atoms with Gasteiger partial charge in [0, 0.05) is 16.6 Å². The number of carbonyl (C=O) groups excluding carboxylic acids is 2. The summed E-state index contributed by atoms with van der Waals surface area (Å²) in [5, 5.41) is 0.842. The fourth-order valence-electron chi connectivity index (χ4n) is 4.17. The summed E-state index contributed by atoms with van der Waals surface area (Å²) < 4.78 is 11.0. The van der Waals surface area contributed by atoms with Crippen molar-refractivity contribution in [1.82, 2.24) is 9.97 Å². The van der Waals surface area contributed by atoms with Gasteiger partial charge in [0.25, 0.3) is 5.91 Å². The molecule has 36 heavy (non-hydrogen) atoms. The van der Waals surface area contributed by atoms with Crippen molar-refractivity contribution in [1.29, 1.82) is 0 Å². The number of hydrogen-bond acceptors (Lipinski definition) is 7. The first-order chi connectivity index (χ1) is 17.4. The van der Waals surface area contributed by atoms with Crippen LogP contribution in [0.15, 0.2) is 66.9 Å². The van der Waals surface area contributed by atoms with Crippen LogP contribution in [-0.2, 0) is 16.1 Å². The number of hydrogen-bond donors (Lipinski definition) is 0. The molecular weight excluding hydrogens is 474 g/mol. The van der Waals surface area contributed by atoms with Crippen molar-refractivity contribution in [3.63, 3.8) is 0 Å². The maximum absolute atomic E-state index is 13.2. The molecule has 0 saturated heterocycles. The first-order valence-corrected chi connectivity index (χ1v) is 12.5. The van der Waals surface area contributed by atoms with Crippen LogP contribution in [0.4, 0.5) is 5.69 Å². The van der Waals surface area contributed by atoms with Crippen molar-refractivity contribution in [3.05, 3.63) is 82.9 Å². The zero-order chi connectivity index (χ0) is 25.2. The van der Waals surface area contributed by atoms with E-state index in [0.717, 1.165) is 32.4 Å². The maximum atomic E-state index is 13.2. The molecular formula is C28H25N3O4S. The smallest absolute Gasteiger partial charge is 0.338 e. The highest BCUT2D eigenvalue weighted by Gasteiger charge is 2.32. The quantitative estimate of drug-likeness (QED) is 0.318. The Bertz CT molecular complexity index is 1430. The highest BCUT2D eigenvalue weighted by Crippen LogP contribution is 2.40. The van der Waals surface area contributed by atoms with E-state index in [4.69, 9.17) is 14.5 Å². The van der Waals surface area contributed by atoms with E-state index in [1.54, 1.807) is 54.5 Å². The number of ether oxygens (including phenoxy) is 2. The summed E-state index contributed by atoms with van der Waals surface area (Å²) in [4.78, 5) is 37.4. The minimum Gasteiger partial charge on any atom is -0.479 e. The molecule has 1 amide bonds. The van der Waals surface area contributed by atoms with E-state index in [2.05, 4.69) is 4.98 Å². The molecule has 5 rings (SSSR count). The standard InChI is InChI=1S/C28H25N3O4S/c1-4-34-28(33)21-9-7-8-19(14-21)16-31-23-15-20(11-12-24(23)35-17(2)27(31)32)25-18(3)36-26(30-25)22-10-5-6-13-29-22/h5-15,17H,4,16H2,1-3H3. The van der Waals surface area contributed by atoms with Crippen molar-refractivity contribution < 1.29 is 19.1 Å². The molecule has 2 aromatic carbocycles. The van der Waals surface area contributed by atoms with Gasteiger partial charge in [-0.25, -0.2) is 9.78 Å². The predicted molar refractivity (Wildman–Crippen MR) is 139 cm³/mol. The number of benzene rings is 2. The summed E-state index contributed by atoms with van der Waals surface area (Å²) in [6.45, 7) is 6.14. The van der Waals surface area contributed by atoms with Crippen LogP contribution in [-0.4, -0.2) is 34.6 Å². The molecule has 0 aliphatic carbocycles. The average molecular weight is 500 g/mol. The number of aromatic nitrogens is 2. The number of thiazole rings is 1. The van der Waals surface area contributed by atoms with Crippen molar-refractivity contribution in [3.8, 4) is 27.7 Å². The monoisotopic (exact) mass is 499 g/mol. The van der Waals surface area contributed by atoms with E-state index in [1.165, 1.54) is 0 Å². The zero-order valence-electron chi connectivity index (χ0n) is 20.2. The Morgan fingerprint density at radius 2 is 2.00 bits per heavy atom. The Morgan fingerprint density at radius 1 is 1.14 bits per heavy atom. The molecule has 0 radical (unpaired) electrons. The Labute approximate surface area is 213 Å². The fourth-order valence-corrected chi connectivity index (χ4v) is 5.09. The predicted octanol–water partition coefficient (Wildman–Crippen LogP) is 5.67. The second-order valence-electron chi connectivity index (χ2n) is 8.43. The van der Waals surface area contributed by atoms with Gasteiger partial charge in [0.15, 0.2) is 6.10 Å². The minimum atomic E-state index is -0.617. The van der Waals surface area contributed by atoms with Gasteiger partial charge in [-0.1, -0.05) is 18.2 Å². The number of esters is 1. The van der Waals surface area contributed by atoms with Crippen LogP contribution in [0.25, 0.3) is 22.0 Å². The summed E-state index contributed by atoms with van der Waals surface area (Å²) >= 11 is 1.58. The first kappa shape index (κ1) is 23.7. The summed E-state index contributed by atoms with van der Waals surface area (Å²) in [5.74, 6) is 0.0991. The van der Waals surface area contributed by atoms with Crippen LogP contribution in [0.5, 0.6) is 5.75 Å². The Balaban J connectivity index is 1.50. The lowest BCUT2D eigenvalue weighted by atomic mass is 10.1. The van der Waals surface area contributed by atoms with Gasteiger partial charge in [0.05, 0.1) is 35.8 Å². The topological polar surface area (TPSA) is 81.6 Å². The van der Waals surface area contributed by atoms with Crippen molar-refractivity contribution in [2.45, 2.75) is 33.4 Å². The number of nitrogens with zero attached hydrogens (tertiary/aromatic N) is 3. The van der Waals surface area contributed by atoms with Crippen molar-refractivity contribution in [2.75, 3.05) is 11.5 Å². The number of aryl methyl sites for hydroxylation is 1. The van der Waals surface area contributed by atoms with Crippen LogP contribution >= 0.6 is 11.3 Å². The van der Waals surface area contributed by atoms with Gasteiger partial charge in [-0.15, -0.1) is 11.3 Å². The number of pyridine rings is 1. The number of anilines is 1. The molecule has 0 N–H and O–H groups in total. The van der Waals surface area contributed by atoms with Crippen LogP contribution in [0.2, 0.25) is 0 Å². The van der Waals surface area contributed by atoms with Gasteiger partial charge in [-0.3, -0.25) is 9.78 Å². The molecule has 1 aliphatic heterocycles. The molecule has 1 atom stereocenters. The number of rotatable bonds is 6. The van der Waals surface area contributed by atoms with Crippen LogP contribution < -0.4 is 9.64 Å². The Hall–Kier alpha value is -4.04. The molecule has 7 nitrogen and oxygen atoms in total. The van der Waals surface area contributed by atoms with Crippen LogP contribution in [0.1, 0.15) is 34.6 Å². The largest absolute Gasteiger partial charge is 0.479 e. The third kappa shape index (κ3) is 4.59. The molecule has 2 aromatic heterocycles. The lowest BCUT2D eigenvalue weighted by molar-refractivity contribution is -0.125. The average Bonchev–Trinajstić information content (AvgIpc) is 3.29. The molecule has 3 heterocycles. The van der Waals surface area contributed by atoms with Crippen molar-refractivity contribution in [2.24, 2.45) is 0 Å². The highest BCUT2D eigenvalue weighted by atomic mass is 32.1. The molecule has 8 heteroatoms. The van der Waals surface area contributed by atoms with Crippen LogP contribution in [0, 0.1) is 6.92 Å². The van der Waals surface area contributed by atoms with Gasteiger partial charge in [0.1, 0.15) is 10.8 Å². The molecule has 0 spiro atoms. The number of fused-ring (bicyclic) bond motifs is 1. The third-order valence-corrected chi connectivity index (χ3v) is 6.89. The van der Waals surface area contributed by atoms with Gasteiger partial charge in [0.2, 0.25) is 0 Å². The van der Waals surface area contributed by atoms with Gasteiger partial charge >= 0.3 is 5.97 Å². The fraction of sp³-hybridized carbons (Fsp3) is 0.214. The lowest BCUT2D eigenvalue weighted by Gasteiger charge is -2.33. The molecule has 1 unspecified atom stereocenters. The van der Waals surface area contributed by atoms with E-state index in [0.29, 0.717) is 30.2 Å². The minimum absolute atomic E-state index is 0.148. The number of carbonyl (C=O) groups is 2. The van der Waals surface area contributed by atoms with Gasteiger partial charge in [-0.2, -0.15) is 0 Å². The molecule has 0 saturated carbocycles. The molecule has 1 aliphatic rings. The Morgan fingerprint density at radius 3 is 2.78 bits per heavy atom. The molecule has 182 valence electrons. The van der Waals surface area contributed by atoms with Crippen LogP contribution in [0.3, 0.4) is 0 Å². The van der Waals surface area contributed by atoms with Gasteiger partial charge < -0.3 is 14.4 Å². The van der Waals surface area contributed by atoms with E-state index >= 15 is 0 Å².